The van der Waals surface area contributed by atoms with E-state index in [2.05, 4.69) is 17.9 Å². The van der Waals surface area contributed by atoms with Gasteiger partial charge in [-0.3, -0.25) is 4.90 Å². The molecule has 2 N–H and O–H groups in total. The summed E-state index contributed by atoms with van der Waals surface area (Å²) in [5.41, 5.74) is 5.07. The fourth-order valence-corrected chi connectivity index (χ4v) is 1.40. The van der Waals surface area contributed by atoms with Crippen LogP contribution in [0.5, 0.6) is 0 Å². The molecule has 1 rings (SSSR count). The standard InChI is InChI=1S/C9H17N3/c1-3-12(8-4-5-8)7-9(2,11)6-10/h8H,3-5,7,11H2,1-2H3. The molecule has 1 unspecified atom stereocenters. The Morgan fingerprint density at radius 2 is 2.25 bits per heavy atom. The van der Waals surface area contributed by atoms with Gasteiger partial charge in [-0.2, -0.15) is 5.26 Å². The summed E-state index contributed by atoms with van der Waals surface area (Å²) in [6.45, 7) is 5.60. The van der Waals surface area contributed by atoms with Crippen LogP contribution in [0.25, 0.3) is 0 Å². The number of hydrogen-bond acceptors (Lipinski definition) is 3. The molecule has 3 nitrogen and oxygen atoms in total. The van der Waals surface area contributed by atoms with Gasteiger partial charge in [0.2, 0.25) is 0 Å². The summed E-state index contributed by atoms with van der Waals surface area (Å²) < 4.78 is 0. The molecule has 0 radical (unpaired) electrons. The summed E-state index contributed by atoms with van der Waals surface area (Å²) in [7, 11) is 0. The minimum absolute atomic E-state index is 0.682. The van der Waals surface area contributed by atoms with Gasteiger partial charge in [-0.15, -0.1) is 0 Å². The molecule has 0 aliphatic heterocycles. The molecular formula is C9H17N3. The highest BCUT2D eigenvalue weighted by Crippen LogP contribution is 2.27. The van der Waals surface area contributed by atoms with Crippen molar-refractivity contribution < 1.29 is 0 Å². The van der Waals surface area contributed by atoms with E-state index in [1.807, 2.05) is 0 Å². The first-order chi connectivity index (χ1) is 5.59. The van der Waals surface area contributed by atoms with Gasteiger partial charge in [0.05, 0.1) is 6.07 Å². The number of nitrogens with zero attached hydrogens (tertiary/aromatic N) is 2. The second-order valence-electron chi connectivity index (χ2n) is 3.82. The Labute approximate surface area is 74.1 Å². The SMILES string of the molecule is CCN(CC(C)(N)C#N)C1CC1. The highest BCUT2D eigenvalue weighted by molar-refractivity contribution is 5.04. The van der Waals surface area contributed by atoms with Crippen molar-refractivity contribution in [3.8, 4) is 6.07 Å². The van der Waals surface area contributed by atoms with Crippen LogP contribution in [-0.4, -0.2) is 29.6 Å². The minimum atomic E-state index is -0.682. The zero-order valence-corrected chi connectivity index (χ0v) is 7.88. The van der Waals surface area contributed by atoms with Crippen molar-refractivity contribution in [2.45, 2.75) is 38.3 Å². The first-order valence-electron chi connectivity index (χ1n) is 4.53. The minimum Gasteiger partial charge on any atom is -0.313 e. The van der Waals surface area contributed by atoms with Crippen LogP contribution in [0.3, 0.4) is 0 Å². The Kier molecular flexibility index (Phi) is 2.71. The molecular weight excluding hydrogens is 150 g/mol. The summed E-state index contributed by atoms with van der Waals surface area (Å²) in [4.78, 5) is 2.29. The average Bonchev–Trinajstić information content (AvgIpc) is 2.83. The lowest BCUT2D eigenvalue weighted by Gasteiger charge is -2.26. The lowest BCUT2D eigenvalue weighted by molar-refractivity contribution is 0.242. The van der Waals surface area contributed by atoms with Gasteiger partial charge in [0.15, 0.2) is 0 Å². The van der Waals surface area contributed by atoms with Gasteiger partial charge in [-0.25, -0.2) is 0 Å². The highest BCUT2D eigenvalue weighted by atomic mass is 15.2. The predicted molar refractivity (Wildman–Crippen MR) is 48.5 cm³/mol. The number of nitriles is 1. The largest absolute Gasteiger partial charge is 0.313 e. The van der Waals surface area contributed by atoms with Crippen molar-refractivity contribution >= 4 is 0 Å². The Morgan fingerprint density at radius 3 is 2.58 bits per heavy atom. The molecule has 12 heavy (non-hydrogen) atoms. The molecule has 0 aromatic rings. The van der Waals surface area contributed by atoms with E-state index in [-0.39, 0.29) is 0 Å². The molecule has 1 atom stereocenters. The molecule has 3 heteroatoms. The number of hydrogen-bond donors (Lipinski definition) is 1. The Bertz CT molecular complexity index is 188. The zero-order valence-electron chi connectivity index (χ0n) is 7.88. The first-order valence-corrected chi connectivity index (χ1v) is 4.53. The van der Waals surface area contributed by atoms with E-state index in [0.717, 1.165) is 6.54 Å². The summed E-state index contributed by atoms with van der Waals surface area (Å²) in [5, 5.41) is 8.74. The van der Waals surface area contributed by atoms with Crippen LogP contribution in [0, 0.1) is 11.3 Å². The van der Waals surface area contributed by atoms with Crippen molar-refractivity contribution in [2.75, 3.05) is 13.1 Å². The van der Waals surface area contributed by atoms with Gasteiger partial charge in [0.1, 0.15) is 5.54 Å². The second kappa shape index (κ2) is 3.42. The smallest absolute Gasteiger partial charge is 0.114 e. The third kappa shape index (κ3) is 2.47. The second-order valence-corrected chi connectivity index (χ2v) is 3.82. The topological polar surface area (TPSA) is 53.0 Å². The molecule has 0 bridgehead atoms. The number of rotatable bonds is 4. The third-order valence-electron chi connectivity index (χ3n) is 2.26. The van der Waals surface area contributed by atoms with Crippen molar-refractivity contribution in [1.29, 1.82) is 5.26 Å². The van der Waals surface area contributed by atoms with Gasteiger partial charge in [0, 0.05) is 12.6 Å². The third-order valence-corrected chi connectivity index (χ3v) is 2.26. The van der Waals surface area contributed by atoms with Crippen LogP contribution in [0.15, 0.2) is 0 Å². The van der Waals surface area contributed by atoms with E-state index in [9.17, 15) is 0 Å². The van der Waals surface area contributed by atoms with E-state index < -0.39 is 5.54 Å². The Morgan fingerprint density at radius 1 is 1.67 bits per heavy atom. The zero-order chi connectivity index (χ0) is 9.19. The summed E-state index contributed by atoms with van der Waals surface area (Å²) in [6, 6.07) is 2.83. The van der Waals surface area contributed by atoms with Crippen molar-refractivity contribution in [2.24, 2.45) is 5.73 Å². The molecule has 1 saturated carbocycles. The summed E-state index contributed by atoms with van der Waals surface area (Å²) in [5.74, 6) is 0. The Balaban J connectivity index is 2.42. The predicted octanol–water partition coefficient (Wildman–Crippen LogP) is 0.712. The van der Waals surface area contributed by atoms with Crippen LogP contribution in [0.1, 0.15) is 26.7 Å². The van der Waals surface area contributed by atoms with Crippen LogP contribution in [-0.2, 0) is 0 Å². The quantitative estimate of drug-likeness (QED) is 0.671. The van der Waals surface area contributed by atoms with Gasteiger partial charge in [0.25, 0.3) is 0 Å². The molecule has 0 aromatic carbocycles. The molecule has 0 saturated heterocycles. The van der Waals surface area contributed by atoms with E-state index in [0.29, 0.717) is 12.6 Å². The Hall–Kier alpha value is -0.590. The molecule has 1 aliphatic carbocycles. The maximum absolute atomic E-state index is 8.74. The number of nitrogens with two attached hydrogens (primary N) is 1. The number of likely N-dealkylation sites (N-methyl/N-ethyl adjacent to an activating group) is 1. The normalized spacial score (nSPS) is 21.9. The monoisotopic (exact) mass is 167 g/mol. The highest BCUT2D eigenvalue weighted by Gasteiger charge is 2.32. The maximum atomic E-state index is 8.74. The van der Waals surface area contributed by atoms with Crippen LogP contribution < -0.4 is 5.73 Å². The van der Waals surface area contributed by atoms with E-state index >= 15 is 0 Å². The molecule has 0 aromatic heterocycles. The molecule has 1 fully saturated rings. The van der Waals surface area contributed by atoms with Crippen LogP contribution in [0.2, 0.25) is 0 Å². The van der Waals surface area contributed by atoms with Crippen molar-refractivity contribution in [1.82, 2.24) is 4.90 Å². The van der Waals surface area contributed by atoms with E-state index in [4.69, 9.17) is 11.0 Å². The molecule has 1 aliphatic rings. The lowest BCUT2D eigenvalue weighted by atomic mass is 10.1. The van der Waals surface area contributed by atoms with Crippen LogP contribution in [0.4, 0.5) is 0 Å². The summed E-state index contributed by atoms with van der Waals surface area (Å²) in [6.07, 6.45) is 2.55. The molecule has 0 amide bonds. The lowest BCUT2D eigenvalue weighted by Crippen LogP contribution is -2.47. The van der Waals surface area contributed by atoms with Gasteiger partial charge in [-0.1, -0.05) is 6.92 Å². The molecule has 0 spiro atoms. The van der Waals surface area contributed by atoms with Crippen LogP contribution >= 0.6 is 0 Å². The van der Waals surface area contributed by atoms with E-state index in [1.54, 1.807) is 6.92 Å². The van der Waals surface area contributed by atoms with Crippen molar-refractivity contribution in [3.63, 3.8) is 0 Å². The summed E-state index contributed by atoms with van der Waals surface area (Å²) >= 11 is 0. The maximum Gasteiger partial charge on any atom is 0.114 e. The fraction of sp³-hybridized carbons (Fsp3) is 0.889. The van der Waals surface area contributed by atoms with Gasteiger partial charge >= 0.3 is 0 Å². The molecule has 0 heterocycles. The first kappa shape index (κ1) is 9.50. The van der Waals surface area contributed by atoms with Crippen molar-refractivity contribution in [3.05, 3.63) is 0 Å². The van der Waals surface area contributed by atoms with E-state index in [1.165, 1.54) is 12.8 Å². The average molecular weight is 167 g/mol. The van der Waals surface area contributed by atoms with Gasteiger partial charge < -0.3 is 5.73 Å². The van der Waals surface area contributed by atoms with Gasteiger partial charge in [-0.05, 0) is 26.3 Å². The molecule has 68 valence electrons. The fourth-order valence-electron chi connectivity index (χ4n) is 1.40.